The average Bonchev–Trinajstić information content (AvgIpc) is 2.38. The lowest BCUT2D eigenvalue weighted by Crippen LogP contribution is -2.48. The van der Waals surface area contributed by atoms with Gasteiger partial charge in [-0.1, -0.05) is 51.1 Å². The SMILES string of the molecule is CC(C)CCNC1CC(C)CN(Cc2ccccc2)C1. The topological polar surface area (TPSA) is 15.3 Å². The van der Waals surface area contributed by atoms with E-state index >= 15 is 0 Å². The van der Waals surface area contributed by atoms with Crippen LogP contribution in [0, 0.1) is 11.8 Å². The highest BCUT2D eigenvalue weighted by molar-refractivity contribution is 5.14. The Bertz CT molecular complexity index is 374. The normalized spacial score (nSPS) is 24.2. The van der Waals surface area contributed by atoms with E-state index in [2.05, 4.69) is 61.3 Å². The largest absolute Gasteiger partial charge is 0.313 e. The van der Waals surface area contributed by atoms with Gasteiger partial charge in [-0.05, 0) is 36.8 Å². The molecule has 0 bridgehead atoms. The van der Waals surface area contributed by atoms with Crippen LogP contribution in [0.5, 0.6) is 0 Å². The Hall–Kier alpha value is -0.860. The second-order valence-electron chi connectivity index (χ2n) is 6.85. The summed E-state index contributed by atoms with van der Waals surface area (Å²) >= 11 is 0. The van der Waals surface area contributed by atoms with Crippen molar-refractivity contribution in [2.75, 3.05) is 19.6 Å². The van der Waals surface area contributed by atoms with Gasteiger partial charge in [0.2, 0.25) is 0 Å². The average molecular weight is 274 g/mol. The van der Waals surface area contributed by atoms with Gasteiger partial charge in [0, 0.05) is 25.7 Å². The summed E-state index contributed by atoms with van der Waals surface area (Å²) in [6.45, 7) is 11.7. The van der Waals surface area contributed by atoms with Gasteiger partial charge in [0.1, 0.15) is 0 Å². The van der Waals surface area contributed by atoms with Crippen molar-refractivity contribution in [3.8, 4) is 0 Å². The maximum atomic E-state index is 3.76. The molecular formula is C18H30N2. The number of rotatable bonds is 6. The third kappa shape index (κ3) is 5.26. The number of benzene rings is 1. The predicted octanol–water partition coefficient (Wildman–Crippen LogP) is 3.53. The zero-order valence-electron chi connectivity index (χ0n) is 13.3. The lowest BCUT2D eigenvalue weighted by Gasteiger charge is -2.37. The monoisotopic (exact) mass is 274 g/mol. The molecule has 2 unspecified atom stereocenters. The fourth-order valence-electron chi connectivity index (χ4n) is 3.16. The molecule has 0 aliphatic carbocycles. The highest BCUT2D eigenvalue weighted by Crippen LogP contribution is 2.18. The zero-order valence-corrected chi connectivity index (χ0v) is 13.3. The fourth-order valence-corrected chi connectivity index (χ4v) is 3.16. The van der Waals surface area contributed by atoms with Gasteiger partial charge in [0.05, 0.1) is 0 Å². The number of hydrogen-bond donors (Lipinski definition) is 1. The summed E-state index contributed by atoms with van der Waals surface area (Å²) in [5.74, 6) is 1.59. The molecule has 2 rings (SSSR count). The first-order valence-electron chi connectivity index (χ1n) is 8.13. The minimum Gasteiger partial charge on any atom is -0.313 e. The van der Waals surface area contributed by atoms with E-state index in [1.807, 2.05) is 0 Å². The Balaban J connectivity index is 1.81. The van der Waals surface area contributed by atoms with Crippen LogP contribution in [0.4, 0.5) is 0 Å². The first-order chi connectivity index (χ1) is 9.63. The standard InChI is InChI=1S/C18H30N2/c1-15(2)9-10-19-18-11-16(3)12-20(14-18)13-17-7-5-4-6-8-17/h4-8,15-16,18-19H,9-14H2,1-3H3. The molecule has 2 atom stereocenters. The molecule has 2 nitrogen and oxygen atoms in total. The number of nitrogens with zero attached hydrogens (tertiary/aromatic N) is 1. The Labute approximate surface area is 124 Å². The van der Waals surface area contributed by atoms with Gasteiger partial charge in [0.15, 0.2) is 0 Å². The Morgan fingerprint density at radius 2 is 1.95 bits per heavy atom. The summed E-state index contributed by atoms with van der Waals surface area (Å²) in [5, 5.41) is 3.76. The lowest BCUT2D eigenvalue weighted by atomic mass is 9.95. The van der Waals surface area contributed by atoms with Crippen LogP contribution in [0.3, 0.4) is 0 Å². The second kappa shape index (κ2) is 7.80. The van der Waals surface area contributed by atoms with E-state index < -0.39 is 0 Å². The molecule has 112 valence electrons. The molecular weight excluding hydrogens is 244 g/mol. The molecule has 1 aromatic rings. The molecule has 0 spiro atoms. The van der Waals surface area contributed by atoms with Crippen molar-refractivity contribution in [2.24, 2.45) is 11.8 Å². The molecule has 1 aromatic carbocycles. The van der Waals surface area contributed by atoms with Crippen molar-refractivity contribution in [2.45, 2.75) is 46.2 Å². The van der Waals surface area contributed by atoms with E-state index in [1.54, 1.807) is 0 Å². The summed E-state index contributed by atoms with van der Waals surface area (Å²) in [6.07, 6.45) is 2.60. The molecule has 1 fully saturated rings. The van der Waals surface area contributed by atoms with Crippen molar-refractivity contribution in [1.82, 2.24) is 10.2 Å². The second-order valence-corrected chi connectivity index (χ2v) is 6.85. The molecule has 1 heterocycles. The van der Waals surface area contributed by atoms with Gasteiger partial charge in [-0.3, -0.25) is 4.90 Å². The third-order valence-electron chi connectivity index (χ3n) is 4.14. The van der Waals surface area contributed by atoms with E-state index in [9.17, 15) is 0 Å². The van der Waals surface area contributed by atoms with Gasteiger partial charge in [0.25, 0.3) is 0 Å². The van der Waals surface area contributed by atoms with Gasteiger partial charge in [-0.25, -0.2) is 0 Å². The molecule has 2 heteroatoms. The molecule has 0 amide bonds. The summed E-state index contributed by atoms with van der Waals surface area (Å²) in [5.41, 5.74) is 1.43. The molecule has 1 saturated heterocycles. The minimum absolute atomic E-state index is 0.668. The summed E-state index contributed by atoms with van der Waals surface area (Å²) in [4.78, 5) is 2.61. The smallest absolute Gasteiger partial charge is 0.0234 e. The van der Waals surface area contributed by atoms with Crippen molar-refractivity contribution < 1.29 is 0 Å². The van der Waals surface area contributed by atoms with Crippen molar-refractivity contribution in [3.05, 3.63) is 35.9 Å². The minimum atomic E-state index is 0.668. The number of piperidine rings is 1. The number of nitrogens with one attached hydrogen (secondary N) is 1. The van der Waals surface area contributed by atoms with Crippen LogP contribution < -0.4 is 5.32 Å². The quantitative estimate of drug-likeness (QED) is 0.853. The fraction of sp³-hybridized carbons (Fsp3) is 0.667. The van der Waals surface area contributed by atoms with Crippen molar-refractivity contribution in [1.29, 1.82) is 0 Å². The van der Waals surface area contributed by atoms with Crippen LogP contribution >= 0.6 is 0 Å². The lowest BCUT2D eigenvalue weighted by molar-refractivity contribution is 0.142. The van der Waals surface area contributed by atoms with Gasteiger partial charge in [-0.15, -0.1) is 0 Å². The molecule has 1 aliphatic rings. The maximum Gasteiger partial charge on any atom is 0.0234 e. The van der Waals surface area contributed by atoms with E-state index in [-0.39, 0.29) is 0 Å². The maximum absolute atomic E-state index is 3.76. The van der Waals surface area contributed by atoms with Crippen LogP contribution in [0.25, 0.3) is 0 Å². The Morgan fingerprint density at radius 1 is 1.20 bits per heavy atom. The van der Waals surface area contributed by atoms with Crippen LogP contribution in [-0.4, -0.2) is 30.6 Å². The molecule has 1 N–H and O–H groups in total. The molecule has 0 radical (unpaired) electrons. The third-order valence-corrected chi connectivity index (χ3v) is 4.14. The molecule has 20 heavy (non-hydrogen) atoms. The first-order valence-corrected chi connectivity index (χ1v) is 8.13. The molecule has 1 aliphatic heterocycles. The number of hydrogen-bond acceptors (Lipinski definition) is 2. The highest BCUT2D eigenvalue weighted by Gasteiger charge is 2.24. The van der Waals surface area contributed by atoms with Crippen LogP contribution in [0.1, 0.15) is 39.2 Å². The van der Waals surface area contributed by atoms with Crippen LogP contribution in [0.2, 0.25) is 0 Å². The van der Waals surface area contributed by atoms with E-state index in [1.165, 1.54) is 31.5 Å². The van der Waals surface area contributed by atoms with E-state index in [0.29, 0.717) is 6.04 Å². The summed E-state index contributed by atoms with van der Waals surface area (Å²) in [7, 11) is 0. The van der Waals surface area contributed by atoms with Gasteiger partial charge < -0.3 is 5.32 Å². The van der Waals surface area contributed by atoms with Crippen LogP contribution in [0.15, 0.2) is 30.3 Å². The molecule has 0 aromatic heterocycles. The Morgan fingerprint density at radius 3 is 2.65 bits per heavy atom. The van der Waals surface area contributed by atoms with Crippen LogP contribution in [-0.2, 0) is 6.54 Å². The van der Waals surface area contributed by atoms with E-state index in [0.717, 1.165) is 24.9 Å². The van der Waals surface area contributed by atoms with Crippen molar-refractivity contribution in [3.63, 3.8) is 0 Å². The van der Waals surface area contributed by atoms with Gasteiger partial charge >= 0.3 is 0 Å². The number of likely N-dealkylation sites (tertiary alicyclic amines) is 1. The first kappa shape index (κ1) is 15.5. The Kier molecular flexibility index (Phi) is 6.06. The highest BCUT2D eigenvalue weighted by atomic mass is 15.2. The molecule has 0 saturated carbocycles. The van der Waals surface area contributed by atoms with Crippen molar-refractivity contribution >= 4 is 0 Å². The summed E-state index contributed by atoms with van der Waals surface area (Å²) in [6, 6.07) is 11.5. The summed E-state index contributed by atoms with van der Waals surface area (Å²) < 4.78 is 0. The van der Waals surface area contributed by atoms with Gasteiger partial charge in [-0.2, -0.15) is 0 Å². The van der Waals surface area contributed by atoms with E-state index in [4.69, 9.17) is 0 Å². The predicted molar refractivity (Wildman–Crippen MR) is 86.7 cm³/mol. The zero-order chi connectivity index (χ0) is 14.4.